The smallest absolute Gasteiger partial charge is 0.278 e. The third-order valence-electron chi connectivity index (χ3n) is 3.65. The third kappa shape index (κ3) is 3.47. The summed E-state index contributed by atoms with van der Waals surface area (Å²) in [6.07, 6.45) is 1.12. The molecular formula is C14H19F2N3O2. The zero-order chi connectivity index (χ0) is 15.6. The van der Waals surface area contributed by atoms with E-state index in [0.29, 0.717) is 11.4 Å². The Morgan fingerprint density at radius 3 is 2.57 bits per heavy atom. The second-order valence-corrected chi connectivity index (χ2v) is 5.19. The number of rotatable bonds is 3. The number of hydrogen-bond donors (Lipinski definition) is 0. The monoisotopic (exact) mass is 299 g/mol. The predicted octanol–water partition coefficient (Wildman–Crippen LogP) is 2.26. The summed E-state index contributed by atoms with van der Waals surface area (Å²) in [6.45, 7) is 2.36. The Morgan fingerprint density at radius 1 is 1.43 bits per heavy atom. The number of anilines is 1. The quantitative estimate of drug-likeness (QED) is 0.803. The summed E-state index contributed by atoms with van der Waals surface area (Å²) >= 11 is 0. The van der Waals surface area contributed by atoms with E-state index < -0.39 is 5.92 Å². The lowest BCUT2D eigenvalue weighted by Crippen LogP contribution is -2.40. The van der Waals surface area contributed by atoms with E-state index in [0.717, 1.165) is 10.6 Å². The number of alkyl halides is 2. The van der Waals surface area contributed by atoms with Gasteiger partial charge >= 0.3 is 0 Å². The van der Waals surface area contributed by atoms with Crippen LogP contribution in [-0.4, -0.2) is 49.1 Å². The molecule has 0 atom stereocenters. The van der Waals surface area contributed by atoms with Crippen molar-refractivity contribution in [3.63, 3.8) is 0 Å². The van der Waals surface area contributed by atoms with Crippen LogP contribution in [0.25, 0.3) is 0 Å². The number of hydroxylamine groups is 2. The van der Waals surface area contributed by atoms with Gasteiger partial charge in [0.25, 0.3) is 11.8 Å². The van der Waals surface area contributed by atoms with Crippen molar-refractivity contribution < 1.29 is 18.4 Å². The Kier molecular flexibility index (Phi) is 4.41. The number of hydrogen-bond acceptors (Lipinski definition) is 4. The number of halogens is 2. The van der Waals surface area contributed by atoms with E-state index >= 15 is 0 Å². The molecule has 0 aromatic carbocycles. The molecule has 0 saturated carbocycles. The number of amides is 1. The summed E-state index contributed by atoms with van der Waals surface area (Å²) in [7, 11) is 2.92. The van der Waals surface area contributed by atoms with Gasteiger partial charge in [0, 0.05) is 39.2 Å². The first-order valence-electron chi connectivity index (χ1n) is 6.75. The van der Waals surface area contributed by atoms with Gasteiger partial charge < -0.3 is 4.90 Å². The van der Waals surface area contributed by atoms with Crippen LogP contribution >= 0.6 is 0 Å². The first-order valence-corrected chi connectivity index (χ1v) is 6.75. The second kappa shape index (κ2) is 5.93. The lowest BCUT2D eigenvalue weighted by Gasteiger charge is -2.33. The minimum absolute atomic E-state index is 0.165. The molecule has 1 saturated heterocycles. The maximum atomic E-state index is 13.2. The number of nitrogens with zero attached hydrogens (tertiary/aromatic N) is 3. The average Bonchev–Trinajstić information content (AvgIpc) is 2.46. The Labute approximate surface area is 122 Å². The molecule has 2 rings (SSSR count). The van der Waals surface area contributed by atoms with Crippen molar-refractivity contribution in [1.82, 2.24) is 10.0 Å². The fraction of sp³-hybridized carbons (Fsp3) is 0.571. The Hall–Kier alpha value is -1.76. The van der Waals surface area contributed by atoms with Crippen LogP contribution in [0.4, 0.5) is 14.6 Å². The summed E-state index contributed by atoms with van der Waals surface area (Å²) in [5.74, 6) is -2.23. The van der Waals surface area contributed by atoms with E-state index in [1.165, 1.54) is 20.4 Å². The summed E-state index contributed by atoms with van der Waals surface area (Å²) in [5.41, 5.74) is 1.19. The molecule has 0 radical (unpaired) electrons. The van der Waals surface area contributed by atoms with E-state index in [1.807, 2.05) is 11.8 Å². The molecule has 21 heavy (non-hydrogen) atoms. The molecule has 1 aromatic rings. The zero-order valence-electron chi connectivity index (χ0n) is 12.4. The van der Waals surface area contributed by atoms with Gasteiger partial charge in [-0.3, -0.25) is 9.63 Å². The van der Waals surface area contributed by atoms with Gasteiger partial charge in [-0.05, 0) is 18.6 Å². The fourth-order valence-electron chi connectivity index (χ4n) is 2.33. The molecule has 0 spiro atoms. The number of aromatic nitrogens is 1. The van der Waals surface area contributed by atoms with Gasteiger partial charge in [-0.2, -0.15) is 0 Å². The van der Waals surface area contributed by atoms with Crippen molar-refractivity contribution >= 4 is 11.7 Å². The van der Waals surface area contributed by atoms with E-state index in [-0.39, 0.29) is 31.8 Å². The van der Waals surface area contributed by atoms with Crippen molar-refractivity contribution in [3.05, 3.63) is 23.4 Å². The van der Waals surface area contributed by atoms with Gasteiger partial charge in [0.05, 0.1) is 12.7 Å². The summed E-state index contributed by atoms with van der Waals surface area (Å²) < 4.78 is 26.4. The van der Waals surface area contributed by atoms with Crippen molar-refractivity contribution in [3.8, 4) is 0 Å². The van der Waals surface area contributed by atoms with Crippen LogP contribution in [0, 0.1) is 6.92 Å². The van der Waals surface area contributed by atoms with Gasteiger partial charge in [-0.25, -0.2) is 18.8 Å². The fourth-order valence-corrected chi connectivity index (χ4v) is 2.33. The van der Waals surface area contributed by atoms with Crippen LogP contribution in [-0.2, 0) is 4.84 Å². The molecule has 1 amide bonds. The molecule has 0 aliphatic carbocycles. The van der Waals surface area contributed by atoms with Gasteiger partial charge in [-0.1, -0.05) is 0 Å². The first-order chi connectivity index (χ1) is 9.84. The van der Waals surface area contributed by atoms with Crippen LogP contribution in [0.15, 0.2) is 12.3 Å². The van der Waals surface area contributed by atoms with E-state index in [9.17, 15) is 13.6 Å². The van der Waals surface area contributed by atoms with Crippen molar-refractivity contribution in [1.29, 1.82) is 0 Å². The van der Waals surface area contributed by atoms with Gasteiger partial charge in [0.2, 0.25) is 0 Å². The number of piperidine rings is 1. The SMILES string of the molecule is CON(C)C(=O)c1cnc(N2CCC(F)(F)CC2)c(C)c1. The maximum absolute atomic E-state index is 13.2. The van der Waals surface area contributed by atoms with Crippen LogP contribution in [0.3, 0.4) is 0 Å². The van der Waals surface area contributed by atoms with Crippen molar-refractivity contribution in [2.45, 2.75) is 25.7 Å². The summed E-state index contributed by atoms with van der Waals surface area (Å²) in [6, 6.07) is 1.70. The highest BCUT2D eigenvalue weighted by molar-refractivity contribution is 5.93. The molecule has 1 aliphatic heterocycles. The Morgan fingerprint density at radius 2 is 2.05 bits per heavy atom. The Bertz CT molecular complexity index is 527. The Balaban J connectivity index is 2.15. The minimum atomic E-state index is -2.58. The van der Waals surface area contributed by atoms with Crippen molar-refractivity contribution in [2.75, 3.05) is 32.1 Å². The summed E-state index contributed by atoms with van der Waals surface area (Å²) in [4.78, 5) is 22.9. The van der Waals surface area contributed by atoms with Crippen molar-refractivity contribution in [2.24, 2.45) is 0 Å². The number of aryl methyl sites for hydroxylation is 1. The third-order valence-corrected chi connectivity index (χ3v) is 3.65. The minimum Gasteiger partial charge on any atom is -0.356 e. The normalized spacial score (nSPS) is 17.7. The second-order valence-electron chi connectivity index (χ2n) is 5.19. The predicted molar refractivity (Wildman–Crippen MR) is 74.5 cm³/mol. The largest absolute Gasteiger partial charge is 0.356 e. The average molecular weight is 299 g/mol. The van der Waals surface area contributed by atoms with Crippen LogP contribution < -0.4 is 4.90 Å². The summed E-state index contributed by atoms with van der Waals surface area (Å²) in [5, 5.41) is 1.11. The van der Waals surface area contributed by atoms with Crippen LogP contribution in [0.1, 0.15) is 28.8 Å². The topological polar surface area (TPSA) is 45.7 Å². The maximum Gasteiger partial charge on any atom is 0.278 e. The van der Waals surface area contributed by atoms with Gasteiger partial charge in [0.1, 0.15) is 5.82 Å². The molecule has 0 N–H and O–H groups in total. The molecule has 0 unspecified atom stereocenters. The lowest BCUT2D eigenvalue weighted by molar-refractivity contribution is -0.0757. The number of carbonyl (C=O) groups excluding carboxylic acids is 1. The van der Waals surface area contributed by atoms with Crippen LogP contribution in [0.2, 0.25) is 0 Å². The molecule has 1 aromatic heterocycles. The molecule has 0 bridgehead atoms. The highest BCUT2D eigenvalue weighted by Gasteiger charge is 2.34. The van der Waals surface area contributed by atoms with Crippen LogP contribution in [0.5, 0.6) is 0 Å². The molecule has 1 aliphatic rings. The molecule has 116 valence electrons. The molecule has 2 heterocycles. The van der Waals surface area contributed by atoms with Gasteiger partial charge in [0.15, 0.2) is 0 Å². The van der Waals surface area contributed by atoms with E-state index in [2.05, 4.69) is 4.98 Å². The van der Waals surface area contributed by atoms with Gasteiger partial charge in [-0.15, -0.1) is 0 Å². The molecule has 7 heteroatoms. The number of carbonyl (C=O) groups is 1. The zero-order valence-corrected chi connectivity index (χ0v) is 12.4. The molecule has 5 nitrogen and oxygen atoms in total. The number of pyridine rings is 1. The first kappa shape index (κ1) is 15.6. The van der Waals surface area contributed by atoms with E-state index in [4.69, 9.17) is 4.84 Å². The molecular weight excluding hydrogens is 280 g/mol. The van der Waals surface area contributed by atoms with E-state index in [1.54, 1.807) is 6.07 Å². The standard InChI is InChI=1S/C14H19F2N3O2/c1-10-8-11(13(20)18(2)21-3)9-17-12(10)19-6-4-14(15,16)5-7-19/h8-9H,4-7H2,1-3H3. The molecule has 1 fully saturated rings. The highest BCUT2D eigenvalue weighted by atomic mass is 19.3. The highest BCUT2D eigenvalue weighted by Crippen LogP contribution is 2.31. The lowest BCUT2D eigenvalue weighted by atomic mass is 10.1.